The third-order valence-corrected chi connectivity index (χ3v) is 2.35. The molecule has 0 aliphatic carbocycles. The molecule has 0 atom stereocenters. The molecule has 0 bridgehead atoms. The molecule has 0 amide bonds. The predicted octanol–water partition coefficient (Wildman–Crippen LogP) is -1.28. The quantitative estimate of drug-likeness (QED) is 0.588. The second-order valence-corrected chi connectivity index (χ2v) is 4.44. The van der Waals surface area contributed by atoms with E-state index in [2.05, 4.69) is 31.0 Å². The van der Waals surface area contributed by atoms with E-state index < -0.39 is 0 Å². The Morgan fingerprint density at radius 1 is 1.33 bits per heavy atom. The maximum Gasteiger partial charge on any atom is 1.00 e. The van der Waals surface area contributed by atoms with E-state index in [-0.39, 0.29) is 58.2 Å². The number of likely N-dealkylation sites (tertiary alicyclic amines) is 1. The van der Waals surface area contributed by atoms with Crippen molar-refractivity contribution in [3.05, 3.63) is 5.32 Å². The van der Waals surface area contributed by atoms with E-state index in [4.69, 9.17) is 0 Å². The molecule has 66 valence electrons. The van der Waals surface area contributed by atoms with Crippen LogP contribution in [0, 0.1) is 5.92 Å². The third-order valence-electron chi connectivity index (χ3n) is 2.35. The fraction of sp³-hybridized carbons (Fsp3) is 1.00. The smallest absolute Gasteiger partial charge is 0.665 e. The Labute approximate surface area is 125 Å². The Balaban J connectivity index is 0.00000121. The zero-order chi connectivity index (χ0) is 8.48. The van der Waals surface area contributed by atoms with Crippen molar-refractivity contribution in [2.45, 2.75) is 26.3 Å². The first kappa shape index (κ1) is 13.7. The Bertz CT molecular complexity index is 125. The summed E-state index contributed by atoms with van der Waals surface area (Å²) in [4.78, 5) is 2.50. The van der Waals surface area contributed by atoms with Crippen LogP contribution in [0.25, 0.3) is 5.32 Å². The largest absolute Gasteiger partial charge is 1.00 e. The molecule has 3 heteroatoms. The third kappa shape index (κ3) is 3.85. The standard InChI is InChI=1S/C9H19N2.Rb/c1-9(2,3)11-6-8(7-11)5-10-4;/h8H,5-7H2,1-4H3;/q-1;+1. The predicted molar refractivity (Wildman–Crippen MR) is 49.0 cm³/mol. The summed E-state index contributed by atoms with van der Waals surface area (Å²) < 4.78 is 0. The summed E-state index contributed by atoms with van der Waals surface area (Å²) in [5.74, 6) is 0.833. The van der Waals surface area contributed by atoms with Gasteiger partial charge in [-0.3, -0.25) is 4.90 Å². The normalized spacial score (nSPS) is 20.0. The molecule has 1 rings (SSSR count). The molecule has 0 spiro atoms. The summed E-state index contributed by atoms with van der Waals surface area (Å²) in [7, 11) is 1.90. The fourth-order valence-corrected chi connectivity index (χ4v) is 1.49. The van der Waals surface area contributed by atoms with Crippen LogP contribution in [0.1, 0.15) is 20.8 Å². The molecule has 1 fully saturated rings. The van der Waals surface area contributed by atoms with Gasteiger partial charge in [-0.15, -0.1) is 6.54 Å². The van der Waals surface area contributed by atoms with Crippen LogP contribution in [-0.4, -0.2) is 37.1 Å². The van der Waals surface area contributed by atoms with E-state index in [1.165, 1.54) is 13.1 Å². The first-order valence-corrected chi connectivity index (χ1v) is 4.34. The first-order chi connectivity index (χ1) is 5.04. The van der Waals surface area contributed by atoms with Crippen LogP contribution in [0.4, 0.5) is 0 Å². The first-order valence-electron chi connectivity index (χ1n) is 4.34. The van der Waals surface area contributed by atoms with Gasteiger partial charge < -0.3 is 5.32 Å². The van der Waals surface area contributed by atoms with Gasteiger partial charge in [0.25, 0.3) is 0 Å². The van der Waals surface area contributed by atoms with Crippen molar-refractivity contribution in [3.63, 3.8) is 0 Å². The van der Waals surface area contributed by atoms with Crippen molar-refractivity contribution >= 4 is 0 Å². The van der Waals surface area contributed by atoms with Crippen molar-refractivity contribution in [2.24, 2.45) is 5.92 Å². The van der Waals surface area contributed by atoms with Crippen LogP contribution in [-0.2, 0) is 0 Å². The molecule has 1 aliphatic rings. The molecular weight excluding hydrogens is 222 g/mol. The molecule has 12 heavy (non-hydrogen) atoms. The maximum absolute atomic E-state index is 4.15. The fourth-order valence-electron chi connectivity index (χ4n) is 1.49. The number of hydrogen-bond donors (Lipinski definition) is 0. The molecular formula is C9H19N2Rb. The summed E-state index contributed by atoms with van der Waals surface area (Å²) >= 11 is 0. The van der Waals surface area contributed by atoms with E-state index in [9.17, 15) is 0 Å². The minimum atomic E-state index is 0. The van der Waals surface area contributed by atoms with Crippen molar-refractivity contribution in [2.75, 3.05) is 26.7 Å². The van der Waals surface area contributed by atoms with Gasteiger partial charge in [0, 0.05) is 18.6 Å². The number of nitrogens with zero attached hydrogens (tertiary/aromatic N) is 2. The van der Waals surface area contributed by atoms with Crippen LogP contribution < -0.4 is 58.2 Å². The summed E-state index contributed by atoms with van der Waals surface area (Å²) in [6.45, 7) is 10.3. The van der Waals surface area contributed by atoms with Gasteiger partial charge in [-0.2, -0.15) is 7.05 Å². The molecule has 1 saturated heterocycles. The molecule has 2 nitrogen and oxygen atoms in total. The topological polar surface area (TPSA) is 17.3 Å². The Hall–Kier alpha value is 1.73. The number of rotatable bonds is 2. The van der Waals surface area contributed by atoms with Crippen molar-refractivity contribution in [1.29, 1.82) is 0 Å². The van der Waals surface area contributed by atoms with Crippen LogP contribution >= 0.6 is 0 Å². The van der Waals surface area contributed by atoms with Crippen molar-refractivity contribution in [3.8, 4) is 0 Å². The molecule has 1 heterocycles. The summed E-state index contributed by atoms with van der Waals surface area (Å²) in [6, 6.07) is 0. The van der Waals surface area contributed by atoms with E-state index in [0.29, 0.717) is 5.54 Å². The van der Waals surface area contributed by atoms with Gasteiger partial charge in [0.15, 0.2) is 0 Å². The summed E-state index contributed by atoms with van der Waals surface area (Å²) in [5, 5.41) is 4.15. The van der Waals surface area contributed by atoms with Gasteiger partial charge >= 0.3 is 58.2 Å². The molecule has 0 aromatic heterocycles. The second kappa shape index (κ2) is 5.57. The molecule has 0 aromatic rings. The molecule has 0 radical (unpaired) electrons. The van der Waals surface area contributed by atoms with Crippen LogP contribution in [0.3, 0.4) is 0 Å². The zero-order valence-electron chi connectivity index (χ0n) is 9.09. The van der Waals surface area contributed by atoms with E-state index in [1.807, 2.05) is 7.05 Å². The Morgan fingerprint density at radius 3 is 2.17 bits per heavy atom. The minimum Gasteiger partial charge on any atom is -0.665 e. The Morgan fingerprint density at radius 2 is 1.83 bits per heavy atom. The summed E-state index contributed by atoms with van der Waals surface area (Å²) in [5.41, 5.74) is 0.365. The van der Waals surface area contributed by atoms with Gasteiger partial charge in [-0.1, -0.05) is 0 Å². The van der Waals surface area contributed by atoms with E-state index in [0.717, 1.165) is 12.5 Å². The van der Waals surface area contributed by atoms with Gasteiger partial charge in [-0.25, -0.2) is 0 Å². The Kier molecular flexibility index (Phi) is 6.37. The van der Waals surface area contributed by atoms with Crippen LogP contribution in [0.5, 0.6) is 0 Å². The number of hydrogen-bond acceptors (Lipinski definition) is 1. The molecule has 1 aliphatic heterocycles. The minimum absolute atomic E-state index is 0. The maximum atomic E-state index is 4.15. The van der Waals surface area contributed by atoms with Gasteiger partial charge in [-0.05, 0) is 26.7 Å². The van der Waals surface area contributed by atoms with Gasteiger partial charge in [0.05, 0.1) is 0 Å². The van der Waals surface area contributed by atoms with Crippen molar-refractivity contribution < 1.29 is 58.2 Å². The van der Waals surface area contributed by atoms with E-state index >= 15 is 0 Å². The molecule has 0 N–H and O–H groups in total. The van der Waals surface area contributed by atoms with Crippen molar-refractivity contribution in [1.82, 2.24) is 4.90 Å². The van der Waals surface area contributed by atoms with E-state index in [1.54, 1.807) is 0 Å². The average molecular weight is 241 g/mol. The second-order valence-electron chi connectivity index (χ2n) is 4.44. The zero-order valence-corrected chi connectivity index (χ0v) is 14.0. The SMILES string of the molecule is C[N-]CC1CN(C(C)(C)C)C1.[Rb+]. The monoisotopic (exact) mass is 240 g/mol. The van der Waals surface area contributed by atoms with Gasteiger partial charge in [0.2, 0.25) is 0 Å². The summed E-state index contributed by atoms with van der Waals surface area (Å²) in [6.07, 6.45) is 0. The van der Waals surface area contributed by atoms with Crippen LogP contribution in [0.2, 0.25) is 0 Å². The van der Waals surface area contributed by atoms with Gasteiger partial charge in [0.1, 0.15) is 0 Å². The average Bonchev–Trinajstić information content (AvgIpc) is 1.74. The molecule has 0 unspecified atom stereocenters. The molecule has 0 saturated carbocycles. The molecule has 0 aromatic carbocycles. The van der Waals surface area contributed by atoms with Crippen LogP contribution in [0.15, 0.2) is 0 Å².